The Hall–Kier alpha value is -3.31. The highest BCUT2D eigenvalue weighted by Gasteiger charge is 2.06. The smallest absolute Gasteiger partial charge is 0.220 e. The number of benzene rings is 3. The van der Waals surface area contributed by atoms with Crippen molar-refractivity contribution in [2.75, 3.05) is 13.2 Å². The van der Waals surface area contributed by atoms with E-state index in [1.54, 1.807) is 0 Å². The molecule has 1 amide bonds. The predicted octanol–water partition coefficient (Wildman–Crippen LogP) is 5.28. The molecule has 0 aliphatic heterocycles. The minimum atomic E-state index is 0.0115. The van der Waals surface area contributed by atoms with E-state index in [4.69, 9.17) is 14.2 Å². The zero-order chi connectivity index (χ0) is 22.4. The maximum Gasteiger partial charge on any atom is 0.220 e. The van der Waals surface area contributed by atoms with E-state index in [2.05, 4.69) is 23.5 Å². The van der Waals surface area contributed by atoms with Crippen LogP contribution in [0.4, 0.5) is 0 Å². The molecule has 0 saturated heterocycles. The third-order valence-corrected chi connectivity index (χ3v) is 4.82. The van der Waals surface area contributed by atoms with Crippen LogP contribution in [0.2, 0.25) is 0 Å². The summed E-state index contributed by atoms with van der Waals surface area (Å²) in [6.45, 7) is 4.61. The number of hydrogen-bond acceptors (Lipinski definition) is 4. The van der Waals surface area contributed by atoms with Crippen LogP contribution in [-0.2, 0) is 29.3 Å². The van der Waals surface area contributed by atoms with Gasteiger partial charge in [-0.05, 0) is 42.2 Å². The Bertz CT molecular complexity index is 959. The molecule has 5 nitrogen and oxygen atoms in total. The summed E-state index contributed by atoms with van der Waals surface area (Å²) in [4.78, 5) is 12.2. The van der Waals surface area contributed by atoms with Gasteiger partial charge >= 0.3 is 0 Å². The number of amides is 1. The summed E-state index contributed by atoms with van der Waals surface area (Å²) < 4.78 is 17.1. The Morgan fingerprint density at radius 2 is 1.44 bits per heavy atom. The van der Waals surface area contributed by atoms with Crippen molar-refractivity contribution in [3.8, 4) is 11.5 Å². The number of carbonyl (C=O) groups is 1. The molecule has 0 spiro atoms. The van der Waals surface area contributed by atoms with Gasteiger partial charge in [-0.3, -0.25) is 4.79 Å². The van der Waals surface area contributed by atoms with E-state index < -0.39 is 0 Å². The first-order valence-electron chi connectivity index (χ1n) is 11.1. The van der Waals surface area contributed by atoms with Crippen molar-refractivity contribution in [3.63, 3.8) is 0 Å². The van der Waals surface area contributed by atoms with Gasteiger partial charge in [0.25, 0.3) is 0 Å². The molecule has 0 radical (unpaired) electrons. The molecule has 0 saturated carbocycles. The Labute approximate surface area is 190 Å². The van der Waals surface area contributed by atoms with Crippen LogP contribution in [0.5, 0.6) is 11.5 Å². The van der Waals surface area contributed by atoms with Gasteiger partial charge in [0.2, 0.25) is 5.91 Å². The fraction of sp³-hybridized carbons (Fsp3) is 0.296. The first-order valence-corrected chi connectivity index (χ1v) is 11.1. The van der Waals surface area contributed by atoms with Crippen molar-refractivity contribution in [3.05, 3.63) is 95.6 Å². The van der Waals surface area contributed by atoms with Crippen molar-refractivity contribution in [1.29, 1.82) is 0 Å². The molecule has 168 valence electrons. The standard InChI is InChI=1S/C27H31NO4/c1-2-31-25-14-6-7-15-26(25)32-17-9-16-27(29)28-19-23-12-8-13-24(18-23)21-30-20-22-10-4-3-5-11-22/h3-8,10-15,18H,2,9,16-17,19-21H2,1H3,(H,28,29). The van der Waals surface area contributed by atoms with Crippen molar-refractivity contribution in [2.24, 2.45) is 0 Å². The number of para-hydroxylation sites is 2. The fourth-order valence-electron chi connectivity index (χ4n) is 3.24. The second kappa shape index (κ2) is 13.2. The van der Waals surface area contributed by atoms with Crippen LogP contribution in [0.25, 0.3) is 0 Å². The fourth-order valence-corrected chi connectivity index (χ4v) is 3.24. The average molecular weight is 434 g/mol. The molecule has 32 heavy (non-hydrogen) atoms. The first kappa shape index (κ1) is 23.4. The van der Waals surface area contributed by atoms with Crippen LogP contribution >= 0.6 is 0 Å². The van der Waals surface area contributed by atoms with Gasteiger partial charge < -0.3 is 19.5 Å². The quantitative estimate of drug-likeness (QED) is 0.373. The largest absolute Gasteiger partial charge is 0.490 e. The number of ether oxygens (including phenoxy) is 3. The lowest BCUT2D eigenvalue weighted by molar-refractivity contribution is -0.121. The monoisotopic (exact) mass is 433 g/mol. The highest BCUT2D eigenvalue weighted by Crippen LogP contribution is 2.26. The third kappa shape index (κ3) is 8.08. The van der Waals surface area contributed by atoms with E-state index >= 15 is 0 Å². The van der Waals surface area contributed by atoms with Crippen LogP contribution in [-0.4, -0.2) is 19.1 Å². The van der Waals surface area contributed by atoms with Crippen molar-refractivity contribution >= 4 is 5.91 Å². The van der Waals surface area contributed by atoms with Gasteiger partial charge in [0, 0.05) is 13.0 Å². The van der Waals surface area contributed by atoms with Gasteiger partial charge in [0.15, 0.2) is 11.5 Å². The SMILES string of the molecule is CCOc1ccccc1OCCCC(=O)NCc1cccc(COCc2ccccc2)c1. The minimum absolute atomic E-state index is 0.0115. The van der Waals surface area contributed by atoms with Gasteiger partial charge in [-0.15, -0.1) is 0 Å². The Morgan fingerprint density at radius 1 is 0.781 bits per heavy atom. The lowest BCUT2D eigenvalue weighted by atomic mass is 10.1. The van der Waals surface area contributed by atoms with Crippen LogP contribution < -0.4 is 14.8 Å². The number of carbonyl (C=O) groups excluding carboxylic acids is 1. The van der Waals surface area contributed by atoms with Crippen LogP contribution in [0, 0.1) is 0 Å². The average Bonchev–Trinajstić information content (AvgIpc) is 2.83. The molecule has 3 rings (SSSR count). The van der Waals surface area contributed by atoms with Gasteiger partial charge in [-0.2, -0.15) is 0 Å². The Kier molecular flexibility index (Phi) is 9.62. The molecule has 3 aromatic carbocycles. The van der Waals surface area contributed by atoms with E-state index in [1.807, 2.05) is 67.6 Å². The number of nitrogens with one attached hydrogen (secondary N) is 1. The van der Waals surface area contributed by atoms with Gasteiger partial charge in [0.1, 0.15) is 0 Å². The molecule has 3 aromatic rings. The normalized spacial score (nSPS) is 10.5. The topological polar surface area (TPSA) is 56.8 Å². The summed E-state index contributed by atoms with van der Waals surface area (Å²) in [6, 6.07) is 25.8. The van der Waals surface area contributed by atoms with Crippen LogP contribution in [0.1, 0.15) is 36.5 Å². The summed E-state index contributed by atoms with van der Waals surface area (Å²) in [5, 5.41) is 2.98. The molecule has 0 aliphatic rings. The molecule has 0 aliphatic carbocycles. The Morgan fingerprint density at radius 3 is 2.22 bits per heavy atom. The Balaban J connectivity index is 1.34. The van der Waals surface area contributed by atoms with Gasteiger partial charge in [-0.1, -0.05) is 66.7 Å². The maximum atomic E-state index is 12.2. The van der Waals surface area contributed by atoms with E-state index in [0.717, 1.165) is 22.4 Å². The summed E-state index contributed by atoms with van der Waals surface area (Å²) in [5.74, 6) is 1.45. The number of hydrogen-bond donors (Lipinski definition) is 1. The van der Waals surface area contributed by atoms with Crippen LogP contribution in [0.15, 0.2) is 78.9 Å². The predicted molar refractivity (Wildman–Crippen MR) is 126 cm³/mol. The minimum Gasteiger partial charge on any atom is -0.490 e. The van der Waals surface area contributed by atoms with E-state index in [0.29, 0.717) is 51.6 Å². The highest BCUT2D eigenvalue weighted by atomic mass is 16.5. The summed E-state index contributed by atoms with van der Waals surface area (Å²) >= 11 is 0. The molecular formula is C27H31NO4. The van der Waals surface area contributed by atoms with Crippen molar-refractivity contribution in [2.45, 2.75) is 39.5 Å². The van der Waals surface area contributed by atoms with E-state index in [-0.39, 0.29) is 5.91 Å². The third-order valence-electron chi connectivity index (χ3n) is 4.82. The molecular weight excluding hydrogens is 402 g/mol. The summed E-state index contributed by atoms with van der Waals surface area (Å²) in [7, 11) is 0. The summed E-state index contributed by atoms with van der Waals surface area (Å²) in [5.41, 5.74) is 3.30. The van der Waals surface area contributed by atoms with Crippen molar-refractivity contribution < 1.29 is 19.0 Å². The molecule has 0 atom stereocenters. The maximum absolute atomic E-state index is 12.2. The van der Waals surface area contributed by atoms with Crippen LogP contribution in [0.3, 0.4) is 0 Å². The zero-order valence-corrected chi connectivity index (χ0v) is 18.6. The second-order valence-corrected chi connectivity index (χ2v) is 7.41. The van der Waals surface area contributed by atoms with E-state index in [1.165, 1.54) is 0 Å². The van der Waals surface area contributed by atoms with Crippen molar-refractivity contribution in [1.82, 2.24) is 5.32 Å². The lowest BCUT2D eigenvalue weighted by Gasteiger charge is -2.11. The van der Waals surface area contributed by atoms with Gasteiger partial charge in [-0.25, -0.2) is 0 Å². The summed E-state index contributed by atoms with van der Waals surface area (Å²) in [6.07, 6.45) is 1.05. The zero-order valence-electron chi connectivity index (χ0n) is 18.6. The number of rotatable bonds is 13. The van der Waals surface area contributed by atoms with Gasteiger partial charge in [0.05, 0.1) is 26.4 Å². The van der Waals surface area contributed by atoms with E-state index in [9.17, 15) is 4.79 Å². The molecule has 0 fully saturated rings. The molecule has 0 heterocycles. The molecule has 5 heteroatoms. The molecule has 0 unspecified atom stereocenters. The molecule has 1 N–H and O–H groups in total. The second-order valence-electron chi connectivity index (χ2n) is 7.41. The molecule has 0 aromatic heterocycles. The molecule has 0 bridgehead atoms. The lowest BCUT2D eigenvalue weighted by Crippen LogP contribution is -2.23. The first-order chi connectivity index (χ1) is 15.7. The highest BCUT2D eigenvalue weighted by molar-refractivity contribution is 5.75.